The van der Waals surface area contributed by atoms with Crippen molar-refractivity contribution in [2.24, 2.45) is 5.73 Å². The lowest BCUT2D eigenvalue weighted by molar-refractivity contribution is -0.137. The number of carbonyl (C=O) groups is 1. The van der Waals surface area contributed by atoms with E-state index in [0.717, 1.165) is 12.1 Å². The van der Waals surface area contributed by atoms with Crippen LogP contribution < -0.4 is 10.6 Å². The molecule has 25 heavy (non-hydrogen) atoms. The summed E-state index contributed by atoms with van der Waals surface area (Å²) in [5, 5.41) is 8.98. The Morgan fingerprint density at radius 3 is 2.84 bits per heavy atom. The third-order valence-corrected chi connectivity index (χ3v) is 3.85. The van der Waals surface area contributed by atoms with Gasteiger partial charge in [-0.05, 0) is 25.2 Å². The highest BCUT2D eigenvalue weighted by atomic mass is 19.4. The van der Waals surface area contributed by atoms with Crippen LogP contribution in [0.4, 0.5) is 18.9 Å². The number of anilines is 1. The number of ether oxygens (including phenoxy) is 1. The molecular formula is C16H19F3N4O2. The van der Waals surface area contributed by atoms with Gasteiger partial charge >= 0.3 is 6.18 Å². The van der Waals surface area contributed by atoms with Gasteiger partial charge in [0, 0.05) is 19.6 Å². The van der Waals surface area contributed by atoms with Crippen LogP contribution in [-0.2, 0) is 15.7 Å². The molecule has 1 aliphatic heterocycles. The molecule has 2 rings (SSSR count). The highest BCUT2D eigenvalue weighted by molar-refractivity contribution is 5.75. The molecular weight excluding hydrogens is 337 g/mol. The Bertz CT molecular complexity index is 672. The van der Waals surface area contributed by atoms with Crippen molar-refractivity contribution in [1.82, 2.24) is 4.90 Å². The summed E-state index contributed by atoms with van der Waals surface area (Å²) in [4.78, 5) is 14.2. The molecule has 1 aromatic carbocycles. The number of benzene rings is 1. The van der Waals surface area contributed by atoms with Crippen molar-refractivity contribution in [2.45, 2.75) is 12.3 Å². The number of alkyl halides is 3. The fourth-order valence-electron chi connectivity index (χ4n) is 2.83. The van der Waals surface area contributed by atoms with Crippen LogP contribution in [0.15, 0.2) is 18.2 Å². The van der Waals surface area contributed by atoms with Crippen molar-refractivity contribution in [1.29, 1.82) is 5.26 Å². The molecule has 1 amide bonds. The Kier molecular flexibility index (Phi) is 5.87. The smallest absolute Gasteiger partial charge is 0.373 e. The minimum absolute atomic E-state index is 0.0302. The van der Waals surface area contributed by atoms with Gasteiger partial charge in [0.2, 0.25) is 5.91 Å². The molecule has 1 atom stereocenters. The minimum atomic E-state index is -4.51. The van der Waals surface area contributed by atoms with E-state index in [1.165, 1.54) is 6.07 Å². The van der Waals surface area contributed by atoms with Gasteiger partial charge in [-0.2, -0.15) is 18.4 Å². The number of carbonyl (C=O) groups excluding carboxylic acids is 1. The summed E-state index contributed by atoms with van der Waals surface area (Å²) in [6, 6.07) is 5.20. The number of hydrogen-bond donors (Lipinski definition) is 1. The first-order valence-corrected chi connectivity index (χ1v) is 7.65. The van der Waals surface area contributed by atoms with Crippen molar-refractivity contribution in [3.8, 4) is 6.07 Å². The molecule has 0 aliphatic carbocycles. The van der Waals surface area contributed by atoms with Crippen molar-refractivity contribution < 1.29 is 22.7 Å². The van der Waals surface area contributed by atoms with E-state index < -0.39 is 17.6 Å². The quantitative estimate of drug-likeness (QED) is 0.857. The lowest BCUT2D eigenvalue weighted by atomic mass is 10.1. The molecule has 0 spiro atoms. The summed E-state index contributed by atoms with van der Waals surface area (Å²) in [5.74, 6) is -0.490. The van der Waals surface area contributed by atoms with Crippen molar-refractivity contribution in [3.05, 3.63) is 29.3 Å². The predicted octanol–water partition coefficient (Wildman–Crippen LogP) is 1.20. The number of morpholine rings is 1. The zero-order valence-corrected chi connectivity index (χ0v) is 13.7. The molecule has 1 heterocycles. The van der Waals surface area contributed by atoms with E-state index in [1.54, 1.807) is 16.8 Å². The summed E-state index contributed by atoms with van der Waals surface area (Å²) in [5.41, 5.74) is 4.48. The largest absolute Gasteiger partial charge is 0.418 e. The lowest BCUT2D eigenvalue weighted by Crippen LogP contribution is -2.48. The number of halogens is 3. The number of primary amides is 1. The number of nitrogens with two attached hydrogens (primary N) is 1. The zero-order valence-electron chi connectivity index (χ0n) is 13.7. The molecule has 6 nitrogen and oxygen atoms in total. The van der Waals surface area contributed by atoms with Crippen molar-refractivity contribution in [3.63, 3.8) is 0 Å². The van der Waals surface area contributed by atoms with E-state index in [2.05, 4.69) is 0 Å². The summed E-state index contributed by atoms with van der Waals surface area (Å²) in [6.45, 7) is 1.16. The highest BCUT2D eigenvalue weighted by Gasteiger charge is 2.36. The maximum atomic E-state index is 13.3. The maximum Gasteiger partial charge on any atom is 0.418 e. The number of hydrogen-bond acceptors (Lipinski definition) is 5. The molecule has 1 fully saturated rings. The second-order valence-electron chi connectivity index (χ2n) is 5.94. The Balaban J connectivity index is 2.20. The van der Waals surface area contributed by atoms with E-state index in [1.807, 2.05) is 6.07 Å². The molecule has 2 N–H and O–H groups in total. The number of nitriles is 1. The first kappa shape index (κ1) is 19.0. The second-order valence-corrected chi connectivity index (χ2v) is 5.94. The molecule has 1 aromatic rings. The SMILES string of the molecule is CN(CC(N)=O)CC1CN(c2cc(C#N)ccc2C(F)(F)F)CCO1. The van der Waals surface area contributed by atoms with Gasteiger partial charge in [0.15, 0.2) is 0 Å². The topological polar surface area (TPSA) is 82.6 Å². The maximum absolute atomic E-state index is 13.3. The Labute approximate surface area is 143 Å². The molecule has 136 valence electrons. The Morgan fingerprint density at radius 2 is 2.24 bits per heavy atom. The molecule has 1 aliphatic rings. The standard InChI is InChI=1S/C16H19F3N4O2/c1-22(10-15(21)24)8-12-9-23(4-5-25-12)14-6-11(7-20)2-3-13(14)16(17,18)19/h2-3,6,12H,4-5,8-10H2,1H3,(H2,21,24). The fraction of sp³-hybridized carbons (Fsp3) is 0.500. The highest BCUT2D eigenvalue weighted by Crippen LogP contribution is 2.37. The van der Waals surface area contributed by atoms with Crippen LogP contribution in [-0.4, -0.2) is 56.7 Å². The number of rotatable bonds is 5. The first-order chi connectivity index (χ1) is 11.7. The third-order valence-electron chi connectivity index (χ3n) is 3.85. The van der Waals surface area contributed by atoms with Gasteiger partial charge in [-0.3, -0.25) is 9.69 Å². The normalized spacial score (nSPS) is 18.2. The minimum Gasteiger partial charge on any atom is -0.373 e. The van der Waals surface area contributed by atoms with Crippen LogP contribution >= 0.6 is 0 Å². The summed E-state index contributed by atoms with van der Waals surface area (Å²) in [7, 11) is 1.69. The predicted molar refractivity (Wildman–Crippen MR) is 84.8 cm³/mol. The molecule has 0 bridgehead atoms. The first-order valence-electron chi connectivity index (χ1n) is 7.65. The van der Waals surface area contributed by atoms with Crippen LogP contribution in [0.25, 0.3) is 0 Å². The van der Waals surface area contributed by atoms with E-state index in [4.69, 9.17) is 15.7 Å². The van der Waals surface area contributed by atoms with Gasteiger partial charge in [-0.25, -0.2) is 0 Å². The van der Waals surface area contributed by atoms with E-state index in [-0.39, 0.29) is 43.6 Å². The van der Waals surface area contributed by atoms with Gasteiger partial charge < -0.3 is 15.4 Å². The van der Waals surface area contributed by atoms with Crippen LogP contribution in [0.2, 0.25) is 0 Å². The monoisotopic (exact) mass is 356 g/mol. The van der Waals surface area contributed by atoms with Gasteiger partial charge in [0.05, 0.1) is 42.1 Å². The van der Waals surface area contributed by atoms with E-state index in [9.17, 15) is 18.0 Å². The van der Waals surface area contributed by atoms with Crippen molar-refractivity contribution in [2.75, 3.05) is 44.7 Å². The van der Waals surface area contributed by atoms with Gasteiger partial charge in [-0.15, -0.1) is 0 Å². The van der Waals surface area contributed by atoms with E-state index >= 15 is 0 Å². The van der Waals surface area contributed by atoms with E-state index in [0.29, 0.717) is 6.54 Å². The number of nitrogens with zero attached hydrogens (tertiary/aromatic N) is 3. The molecule has 1 unspecified atom stereocenters. The molecule has 1 saturated heterocycles. The number of likely N-dealkylation sites (N-methyl/N-ethyl adjacent to an activating group) is 1. The lowest BCUT2D eigenvalue weighted by Gasteiger charge is -2.37. The summed E-state index contributed by atoms with van der Waals surface area (Å²) < 4.78 is 45.5. The van der Waals surface area contributed by atoms with Crippen LogP contribution in [0.5, 0.6) is 0 Å². The van der Waals surface area contributed by atoms with Crippen LogP contribution in [0.1, 0.15) is 11.1 Å². The summed E-state index contributed by atoms with van der Waals surface area (Å²) >= 11 is 0. The Hall–Kier alpha value is -2.31. The second kappa shape index (κ2) is 7.72. The van der Waals surface area contributed by atoms with Gasteiger partial charge in [0.1, 0.15) is 0 Å². The average molecular weight is 356 g/mol. The Morgan fingerprint density at radius 1 is 1.52 bits per heavy atom. The molecule has 9 heteroatoms. The molecule has 0 saturated carbocycles. The van der Waals surface area contributed by atoms with Gasteiger partial charge in [-0.1, -0.05) is 0 Å². The summed E-state index contributed by atoms with van der Waals surface area (Å²) in [6.07, 6.45) is -4.88. The van der Waals surface area contributed by atoms with Crippen LogP contribution in [0, 0.1) is 11.3 Å². The average Bonchev–Trinajstić information content (AvgIpc) is 2.52. The van der Waals surface area contributed by atoms with Gasteiger partial charge in [0.25, 0.3) is 0 Å². The van der Waals surface area contributed by atoms with Crippen LogP contribution in [0.3, 0.4) is 0 Å². The number of amides is 1. The molecule has 0 radical (unpaired) electrons. The third kappa shape index (κ3) is 5.08. The fourth-order valence-corrected chi connectivity index (χ4v) is 2.83. The van der Waals surface area contributed by atoms with Crippen molar-refractivity contribution >= 4 is 11.6 Å². The molecule has 0 aromatic heterocycles. The zero-order chi connectivity index (χ0) is 18.6.